The van der Waals surface area contributed by atoms with E-state index in [1.54, 1.807) is 7.11 Å². The maximum atomic E-state index is 5.79. The lowest BCUT2D eigenvalue weighted by Crippen LogP contribution is -1.96. The third-order valence-corrected chi connectivity index (χ3v) is 3.65. The van der Waals surface area contributed by atoms with Gasteiger partial charge in [-0.1, -0.05) is 36.0 Å². The molecule has 0 saturated carbocycles. The molecule has 3 rings (SSSR count). The van der Waals surface area contributed by atoms with Crippen LogP contribution in [0.3, 0.4) is 0 Å². The zero-order chi connectivity index (χ0) is 16.9. The molecule has 0 unspecified atom stereocenters. The van der Waals surface area contributed by atoms with Gasteiger partial charge in [0, 0.05) is 11.1 Å². The van der Waals surface area contributed by atoms with Crippen LogP contribution in [0.1, 0.15) is 11.1 Å². The number of nitrogen functional groups attached to an aromatic ring is 1. The van der Waals surface area contributed by atoms with Crippen LogP contribution in [0.4, 0.5) is 5.69 Å². The molecule has 2 aromatic carbocycles. The minimum atomic E-state index is 0.477. The summed E-state index contributed by atoms with van der Waals surface area (Å²) in [5.41, 5.74) is 9.84. The topological polar surface area (TPSA) is 70.5 Å². The summed E-state index contributed by atoms with van der Waals surface area (Å²) in [4.78, 5) is 0. The predicted octanol–water partition coefficient (Wildman–Crippen LogP) is 4.12. The number of nitrogens with two attached hydrogens (primary N) is 1. The number of hydrogen-bond acceptors (Lipinski definition) is 5. The van der Waals surface area contributed by atoms with E-state index < -0.39 is 0 Å². The maximum Gasteiger partial charge on any atom is 0.147 e. The molecule has 1 heterocycles. The van der Waals surface area contributed by atoms with Crippen LogP contribution in [0.2, 0.25) is 0 Å². The molecule has 0 aliphatic rings. The van der Waals surface area contributed by atoms with Gasteiger partial charge in [0.2, 0.25) is 0 Å². The van der Waals surface area contributed by atoms with Gasteiger partial charge in [0.25, 0.3) is 0 Å². The van der Waals surface area contributed by atoms with E-state index in [1.165, 1.54) is 6.26 Å². The van der Waals surface area contributed by atoms with E-state index in [9.17, 15) is 0 Å². The summed E-state index contributed by atoms with van der Waals surface area (Å²) < 4.78 is 15.8. The van der Waals surface area contributed by atoms with Crippen LogP contribution in [0.5, 0.6) is 5.75 Å². The Morgan fingerprint density at radius 3 is 2.42 bits per heavy atom. The number of methoxy groups -OCH3 is 1. The first-order valence-electron chi connectivity index (χ1n) is 7.42. The molecule has 0 amide bonds. The van der Waals surface area contributed by atoms with E-state index in [-0.39, 0.29) is 0 Å². The van der Waals surface area contributed by atoms with Crippen molar-refractivity contribution in [1.29, 1.82) is 0 Å². The fraction of sp³-hybridized carbons (Fsp3) is 0.105. The van der Waals surface area contributed by atoms with E-state index >= 15 is 0 Å². The van der Waals surface area contributed by atoms with E-state index in [0.717, 1.165) is 22.4 Å². The first-order valence-corrected chi connectivity index (χ1v) is 7.42. The Balaban J connectivity index is 1.62. The van der Waals surface area contributed by atoms with Crippen LogP contribution in [-0.4, -0.2) is 12.3 Å². The summed E-state index contributed by atoms with van der Waals surface area (Å²) in [7, 11) is 1.61. The average Bonchev–Trinajstić information content (AvgIpc) is 3.06. The molecule has 0 aliphatic heterocycles. The normalized spacial score (nSPS) is 10.4. The van der Waals surface area contributed by atoms with Crippen LogP contribution in [0.25, 0.3) is 17.0 Å². The van der Waals surface area contributed by atoms with Gasteiger partial charge in [0.05, 0.1) is 7.11 Å². The van der Waals surface area contributed by atoms with E-state index in [2.05, 4.69) is 11.7 Å². The molecule has 0 fully saturated rings. The van der Waals surface area contributed by atoms with Crippen molar-refractivity contribution in [2.24, 2.45) is 0 Å². The number of benzene rings is 2. The first kappa shape index (κ1) is 15.7. The van der Waals surface area contributed by atoms with Crippen LogP contribution >= 0.6 is 0 Å². The first-order chi connectivity index (χ1) is 11.7. The molecule has 3 aromatic rings. The van der Waals surface area contributed by atoms with Crippen molar-refractivity contribution in [3.63, 3.8) is 0 Å². The van der Waals surface area contributed by atoms with Gasteiger partial charge in [0.15, 0.2) is 0 Å². The fourth-order valence-electron chi connectivity index (χ4n) is 2.24. The summed E-state index contributed by atoms with van der Waals surface area (Å²) in [6, 6.07) is 15.5. The van der Waals surface area contributed by atoms with Gasteiger partial charge < -0.3 is 19.7 Å². The predicted molar refractivity (Wildman–Crippen MR) is 93.2 cm³/mol. The molecule has 0 saturated heterocycles. The third kappa shape index (κ3) is 3.41. The number of ether oxygens (including phenoxy) is 2. The van der Waals surface area contributed by atoms with E-state index in [4.69, 9.17) is 19.7 Å². The van der Waals surface area contributed by atoms with E-state index in [1.807, 2.05) is 48.5 Å². The van der Waals surface area contributed by atoms with Crippen LogP contribution in [0, 0.1) is 0 Å². The summed E-state index contributed by atoms with van der Waals surface area (Å²) in [5.74, 6) is 1.41. The molecule has 5 heteroatoms. The van der Waals surface area contributed by atoms with Gasteiger partial charge in [0.1, 0.15) is 35.8 Å². The monoisotopic (exact) mass is 322 g/mol. The van der Waals surface area contributed by atoms with Crippen molar-refractivity contribution < 1.29 is 14.0 Å². The highest BCUT2D eigenvalue weighted by Crippen LogP contribution is 2.26. The van der Waals surface area contributed by atoms with Crippen LogP contribution in [-0.2, 0) is 11.3 Å². The SMILES string of the molecule is C=C(OC)c1ccc(COc2ccc(-c3nocc3N)cc2)cc1. The molecule has 0 aliphatic carbocycles. The highest BCUT2D eigenvalue weighted by atomic mass is 16.5. The molecule has 24 heavy (non-hydrogen) atoms. The number of hydrogen-bond donors (Lipinski definition) is 1. The zero-order valence-electron chi connectivity index (χ0n) is 13.4. The smallest absolute Gasteiger partial charge is 0.147 e. The molecule has 0 spiro atoms. The van der Waals surface area contributed by atoms with Gasteiger partial charge >= 0.3 is 0 Å². The Labute approximate surface area is 140 Å². The lowest BCUT2D eigenvalue weighted by Gasteiger charge is -2.08. The number of rotatable bonds is 6. The van der Waals surface area contributed by atoms with Gasteiger partial charge in [-0.15, -0.1) is 0 Å². The molecule has 5 nitrogen and oxygen atoms in total. The lowest BCUT2D eigenvalue weighted by atomic mass is 10.1. The highest BCUT2D eigenvalue weighted by molar-refractivity contribution is 5.71. The highest BCUT2D eigenvalue weighted by Gasteiger charge is 2.07. The molecule has 122 valence electrons. The van der Waals surface area contributed by atoms with Crippen molar-refractivity contribution in [3.8, 4) is 17.0 Å². The quantitative estimate of drug-likeness (QED) is 0.691. The molecule has 1 aromatic heterocycles. The van der Waals surface area contributed by atoms with Gasteiger partial charge in [-0.05, 0) is 29.8 Å². The van der Waals surface area contributed by atoms with Gasteiger partial charge in [-0.3, -0.25) is 0 Å². The van der Waals surface area contributed by atoms with Crippen molar-refractivity contribution in [3.05, 3.63) is 72.5 Å². The van der Waals surface area contributed by atoms with Crippen LogP contribution < -0.4 is 10.5 Å². The zero-order valence-corrected chi connectivity index (χ0v) is 13.4. The number of nitrogens with zero attached hydrogens (tertiary/aromatic N) is 1. The Morgan fingerprint density at radius 2 is 1.83 bits per heavy atom. The van der Waals surface area contributed by atoms with Crippen molar-refractivity contribution in [2.45, 2.75) is 6.61 Å². The van der Waals surface area contributed by atoms with Crippen molar-refractivity contribution in [2.75, 3.05) is 12.8 Å². The summed E-state index contributed by atoms with van der Waals surface area (Å²) in [6.45, 7) is 4.31. The molecular weight excluding hydrogens is 304 g/mol. The Morgan fingerprint density at radius 1 is 1.12 bits per heavy atom. The van der Waals surface area contributed by atoms with Gasteiger partial charge in [-0.25, -0.2) is 0 Å². The van der Waals surface area contributed by atoms with E-state index in [0.29, 0.717) is 23.7 Å². The summed E-state index contributed by atoms with van der Waals surface area (Å²) in [5, 5.41) is 3.88. The Kier molecular flexibility index (Phi) is 4.52. The lowest BCUT2D eigenvalue weighted by molar-refractivity contribution is 0.306. The second-order valence-electron chi connectivity index (χ2n) is 5.26. The van der Waals surface area contributed by atoms with Crippen molar-refractivity contribution in [1.82, 2.24) is 5.16 Å². The Bertz CT molecular complexity index is 821. The minimum Gasteiger partial charge on any atom is -0.497 e. The molecule has 0 radical (unpaired) electrons. The minimum absolute atomic E-state index is 0.477. The molecular formula is C19H18N2O3. The Hall–Kier alpha value is -3.21. The molecule has 0 atom stereocenters. The second kappa shape index (κ2) is 6.91. The summed E-state index contributed by atoms with van der Waals surface area (Å²) in [6.07, 6.45) is 1.42. The van der Waals surface area contributed by atoms with Crippen molar-refractivity contribution >= 4 is 11.4 Å². The number of anilines is 1. The number of aromatic nitrogens is 1. The van der Waals surface area contributed by atoms with Gasteiger partial charge in [-0.2, -0.15) is 0 Å². The maximum absolute atomic E-state index is 5.79. The largest absolute Gasteiger partial charge is 0.497 e. The van der Waals surface area contributed by atoms with Crippen LogP contribution in [0.15, 0.2) is 65.9 Å². The second-order valence-corrected chi connectivity index (χ2v) is 5.26. The standard InChI is InChI=1S/C19H18N2O3/c1-13(22-2)15-5-3-14(4-6-15)11-23-17-9-7-16(8-10-17)19-18(20)12-24-21-19/h3-10,12H,1,11,20H2,2H3. The molecule has 0 bridgehead atoms. The summed E-state index contributed by atoms with van der Waals surface area (Å²) >= 11 is 0. The third-order valence-electron chi connectivity index (χ3n) is 3.65. The molecule has 2 N–H and O–H groups in total. The fourth-order valence-corrected chi connectivity index (χ4v) is 2.24. The average molecular weight is 322 g/mol.